The molecule has 0 radical (unpaired) electrons. The van der Waals surface area contributed by atoms with Gasteiger partial charge in [0.05, 0.1) is 38.2 Å². The van der Waals surface area contributed by atoms with E-state index in [0.29, 0.717) is 22.7 Å². The maximum absolute atomic E-state index is 11.9. The molecular formula is C23H21N5O4. The van der Waals surface area contributed by atoms with E-state index in [-0.39, 0.29) is 23.8 Å². The topological polar surface area (TPSA) is 101 Å². The van der Waals surface area contributed by atoms with E-state index in [2.05, 4.69) is 20.1 Å². The number of nitrogens with zero attached hydrogens (tertiary/aromatic N) is 5. The van der Waals surface area contributed by atoms with Crippen LogP contribution < -0.4 is 9.47 Å². The molecule has 1 aliphatic rings. The van der Waals surface area contributed by atoms with Gasteiger partial charge in [-0.2, -0.15) is 10.1 Å². The molecular weight excluding hydrogens is 410 g/mol. The third-order valence-corrected chi connectivity index (χ3v) is 5.70. The number of hydrogen-bond acceptors (Lipinski definition) is 8. The van der Waals surface area contributed by atoms with Crippen molar-refractivity contribution in [3.05, 3.63) is 65.6 Å². The number of rotatable bonds is 6. The average Bonchev–Trinajstić information content (AvgIpc) is 3.50. The summed E-state index contributed by atoms with van der Waals surface area (Å²) in [5.41, 5.74) is 4.88. The molecule has 1 fully saturated rings. The van der Waals surface area contributed by atoms with Crippen molar-refractivity contribution in [2.24, 2.45) is 0 Å². The minimum absolute atomic E-state index is 0.224. The third kappa shape index (κ3) is 3.41. The molecule has 0 N–H and O–H groups in total. The lowest BCUT2D eigenvalue weighted by molar-refractivity contribution is 0.0600. The summed E-state index contributed by atoms with van der Waals surface area (Å²) < 4.78 is 17.2. The number of hydrogen-bond donors (Lipinski definition) is 0. The highest BCUT2D eigenvalue weighted by Gasteiger charge is 2.41. The molecule has 0 unspecified atom stereocenters. The molecule has 3 aromatic heterocycles. The van der Waals surface area contributed by atoms with Crippen molar-refractivity contribution in [2.45, 2.75) is 18.3 Å². The number of aromatic nitrogens is 5. The lowest BCUT2D eigenvalue weighted by atomic mass is 10.0. The molecule has 162 valence electrons. The Balaban J connectivity index is 1.54. The van der Waals surface area contributed by atoms with Crippen LogP contribution in [0.4, 0.5) is 0 Å². The summed E-state index contributed by atoms with van der Waals surface area (Å²) in [7, 11) is 4.44. The maximum atomic E-state index is 11.9. The van der Waals surface area contributed by atoms with E-state index in [1.807, 2.05) is 30.5 Å². The van der Waals surface area contributed by atoms with E-state index in [4.69, 9.17) is 14.2 Å². The van der Waals surface area contributed by atoms with Crippen LogP contribution in [0.1, 0.15) is 39.7 Å². The molecule has 0 amide bonds. The quantitative estimate of drug-likeness (QED) is 0.429. The van der Waals surface area contributed by atoms with E-state index < -0.39 is 0 Å². The Morgan fingerprint density at radius 2 is 1.97 bits per heavy atom. The fraction of sp³-hybridized carbons (Fsp3) is 0.261. The molecule has 32 heavy (non-hydrogen) atoms. The Morgan fingerprint density at radius 1 is 1.09 bits per heavy atom. The molecule has 1 saturated carbocycles. The van der Waals surface area contributed by atoms with Gasteiger partial charge in [0.1, 0.15) is 0 Å². The fourth-order valence-corrected chi connectivity index (χ4v) is 4.05. The Kier molecular flexibility index (Phi) is 4.93. The number of ether oxygens (including phenoxy) is 3. The normalized spacial score (nSPS) is 17.2. The average molecular weight is 431 g/mol. The van der Waals surface area contributed by atoms with Crippen molar-refractivity contribution in [3.8, 4) is 23.1 Å². The van der Waals surface area contributed by atoms with Gasteiger partial charge < -0.3 is 14.2 Å². The molecule has 1 aliphatic carbocycles. The van der Waals surface area contributed by atoms with E-state index in [9.17, 15) is 4.79 Å². The highest BCUT2D eigenvalue weighted by atomic mass is 16.5. The number of methoxy groups -OCH3 is 3. The van der Waals surface area contributed by atoms with Crippen LogP contribution in [0, 0.1) is 0 Å². The molecule has 4 aromatic rings. The Hall–Kier alpha value is -4.01. The van der Waals surface area contributed by atoms with Gasteiger partial charge in [-0.1, -0.05) is 12.1 Å². The zero-order valence-corrected chi connectivity index (χ0v) is 17.8. The van der Waals surface area contributed by atoms with Crippen LogP contribution in [-0.2, 0) is 4.74 Å². The third-order valence-electron chi connectivity index (χ3n) is 5.70. The molecule has 0 saturated heterocycles. The highest BCUT2D eigenvalue weighted by molar-refractivity contribution is 5.89. The van der Waals surface area contributed by atoms with Crippen molar-refractivity contribution < 1.29 is 19.0 Å². The van der Waals surface area contributed by atoms with Crippen LogP contribution in [0.25, 0.3) is 16.9 Å². The first-order valence-electron chi connectivity index (χ1n) is 10.1. The Morgan fingerprint density at radius 3 is 2.75 bits per heavy atom. The molecule has 0 spiro atoms. The number of carbonyl (C=O) groups excluding carboxylic acids is 1. The smallest absolute Gasteiger partial charge is 0.337 e. The minimum atomic E-state index is -0.336. The van der Waals surface area contributed by atoms with E-state index in [1.165, 1.54) is 14.2 Å². The second-order valence-corrected chi connectivity index (χ2v) is 7.53. The molecule has 9 heteroatoms. The molecule has 9 nitrogen and oxygen atoms in total. The SMILES string of the molecule is COC(=O)c1cccc([C@H]2C[C@@H]2c2cc(-c3cnc(OC)nc3OC)nn3ccnc23)c1. The van der Waals surface area contributed by atoms with Crippen molar-refractivity contribution in [1.82, 2.24) is 24.6 Å². The number of carbonyl (C=O) groups is 1. The lowest BCUT2D eigenvalue weighted by Crippen LogP contribution is -2.03. The fourth-order valence-electron chi connectivity index (χ4n) is 4.05. The minimum Gasteiger partial charge on any atom is -0.480 e. The lowest BCUT2D eigenvalue weighted by Gasteiger charge is -2.11. The van der Waals surface area contributed by atoms with Crippen LogP contribution >= 0.6 is 0 Å². The summed E-state index contributed by atoms with van der Waals surface area (Å²) in [5.74, 6) is 0.578. The van der Waals surface area contributed by atoms with Crippen molar-refractivity contribution >= 4 is 11.6 Å². The van der Waals surface area contributed by atoms with Crippen LogP contribution in [0.3, 0.4) is 0 Å². The Bertz CT molecular complexity index is 1320. The van der Waals surface area contributed by atoms with Gasteiger partial charge in [-0.3, -0.25) is 0 Å². The van der Waals surface area contributed by atoms with Gasteiger partial charge in [0.25, 0.3) is 0 Å². The van der Waals surface area contributed by atoms with Gasteiger partial charge >= 0.3 is 12.0 Å². The number of fused-ring (bicyclic) bond motifs is 1. The summed E-state index contributed by atoms with van der Waals surface area (Å²) in [4.78, 5) is 24.9. The summed E-state index contributed by atoms with van der Waals surface area (Å²) in [6.07, 6.45) is 6.14. The molecule has 3 heterocycles. The van der Waals surface area contributed by atoms with Gasteiger partial charge in [0.15, 0.2) is 5.65 Å². The predicted octanol–water partition coefficient (Wildman–Crippen LogP) is 3.26. The summed E-state index contributed by atoms with van der Waals surface area (Å²) in [5, 5.41) is 4.68. The van der Waals surface area contributed by atoms with Gasteiger partial charge in [-0.05, 0) is 42.0 Å². The maximum Gasteiger partial charge on any atom is 0.337 e. The van der Waals surface area contributed by atoms with Crippen LogP contribution in [-0.4, -0.2) is 51.9 Å². The summed E-state index contributed by atoms with van der Waals surface area (Å²) in [6.45, 7) is 0. The van der Waals surface area contributed by atoms with Gasteiger partial charge in [-0.15, -0.1) is 0 Å². The first-order chi connectivity index (χ1) is 15.6. The summed E-state index contributed by atoms with van der Waals surface area (Å²) in [6, 6.07) is 9.84. The summed E-state index contributed by atoms with van der Waals surface area (Å²) >= 11 is 0. The second-order valence-electron chi connectivity index (χ2n) is 7.53. The van der Waals surface area contributed by atoms with E-state index >= 15 is 0 Å². The largest absolute Gasteiger partial charge is 0.480 e. The van der Waals surface area contributed by atoms with Gasteiger partial charge in [-0.25, -0.2) is 19.3 Å². The first-order valence-corrected chi connectivity index (χ1v) is 10.1. The zero-order valence-electron chi connectivity index (χ0n) is 17.8. The second kappa shape index (κ2) is 7.92. The van der Waals surface area contributed by atoms with Crippen molar-refractivity contribution in [2.75, 3.05) is 21.3 Å². The van der Waals surface area contributed by atoms with E-state index in [1.54, 1.807) is 30.1 Å². The molecule has 2 atom stereocenters. The van der Waals surface area contributed by atoms with Crippen LogP contribution in [0.5, 0.6) is 11.9 Å². The number of benzene rings is 1. The molecule has 5 rings (SSSR count). The first kappa shape index (κ1) is 19.9. The Labute approximate surface area is 184 Å². The standard InChI is InChI=1S/C23H21N5O4/c1-30-21-18(12-25-23(26-21)32-3)19-11-17(20-24-7-8-28(20)27-19)16-10-15(16)13-5-4-6-14(9-13)22(29)31-2/h4-9,11-12,15-16H,10H2,1-3H3/t15-,16+/m1/s1. The van der Waals surface area contributed by atoms with Gasteiger partial charge in [0, 0.05) is 24.2 Å². The molecule has 0 bridgehead atoms. The highest BCUT2D eigenvalue weighted by Crippen LogP contribution is 2.55. The number of imidazole rings is 1. The molecule has 1 aromatic carbocycles. The van der Waals surface area contributed by atoms with Crippen LogP contribution in [0.15, 0.2) is 48.9 Å². The van der Waals surface area contributed by atoms with Crippen molar-refractivity contribution in [3.63, 3.8) is 0 Å². The molecule has 0 aliphatic heterocycles. The monoisotopic (exact) mass is 431 g/mol. The van der Waals surface area contributed by atoms with Crippen LogP contribution in [0.2, 0.25) is 0 Å². The van der Waals surface area contributed by atoms with Crippen molar-refractivity contribution in [1.29, 1.82) is 0 Å². The zero-order chi connectivity index (χ0) is 22.2. The number of esters is 1. The predicted molar refractivity (Wildman–Crippen MR) is 115 cm³/mol. The van der Waals surface area contributed by atoms with E-state index in [0.717, 1.165) is 23.2 Å². The van der Waals surface area contributed by atoms with Gasteiger partial charge in [0.2, 0.25) is 5.88 Å².